The van der Waals surface area contributed by atoms with Crippen LogP contribution in [0.4, 0.5) is 0 Å². The maximum atomic E-state index is 11.3. The van der Waals surface area contributed by atoms with E-state index in [-0.39, 0.29) is 5.75 Å². The minimum Gasteiger partial charge on any atom is -0.496 e. The van der Waals surface area contributed by atoms with Crippen LogP contribution in [0.5, 0.6) is 11.5 Å². The van der Waals surface area contributed by atoms with Crippen LogP contribution in [0.2, 0.25) is 0 Å². The van der Waals surface area contributed by atoms with Gasteiger partial charge in [0.15, 0.2) is 0 Å². The average Bonchev–Trinajstić information content (AvgIpc) is 2.27. The highest BCUT2D eigenvalue weighted by molar-refractivity contribution is 5.84. The fraction of sp³-hybridized carbons (Fsp3) is 0.182. The van der Waals surface area contributed by atoms with Crippen molar-refractivity contribution in [3.63, 3.8) is 0 Å². The molecule has 0 N–H and O–H groups in total. The van der Waals surface area contributed by atoms with Crippen LogP contribution in [-0.2, 0) is 0 Å². The fourth-order valence-electron chi connectivity index (χ4n) is 1.42. The molecule has 0 fully saturated rings. The third kappa shape index (κ3) is 1.54. The predicted molar refractivity (Wildman–Crippen MR) is 55.6 cm³/mol. The number of hydrogen-bond acceptors (Lipinski definition) is 4. The zero-order chi connectivity index (χ0) is 10.8. The van der Waals surface area contributed by atoms with E-state index >= 15 is 0 Å². The molecule has 0 bridgehead atoms. The van der Waals surface area contributed by atoms with Crippen LogP contribution < -0.4 is 15.1 Å². The lowest BCUT2D eigenvalue weighted by Crippen LogP contribution is -2.03. The number of rotatable bonds is 2. The Labute approximate surface area is 86.0 Å². The highest BCUT2D eigenvalue weighted by atomic mass is 16.5. The minimum absolute atomic E-state index is 0.173. The third-order valence-electron chi connectivity index (χ3n) is 2.15. The van der Waals surface area contributed by atoms with Crippen LogP contribution in [0.3, 0.4) is 0 Å². The van der Waals surface area contributed by atoms with E-state index in [1.807, 2.05) is 0 Å². The van der Waals surface area contributed by atoms with Gasteiger partial charge in [0.25, 0.3) is 0 Å². The largest absolute Gasteiger partial charge is 0.496 e. The Bertz CT molecular complexity index is 542. The zero-order valence-electron chi connectivity index (χ0n) is 8.44. The molecule has 0 amide bonds. The quantitative estimate of drug-likeness (QED) is 0.703. The van der Waals surface area contributed by atoms with Crippen molar-refractivity contribution >= 4 is 11.0 Å². The summed E-state index contributed by atoms with van der Waals surface area (Å²) in [6.07, 6.45) is 0. The number of benzene rings is 1. The molecule has 4 nitrogen and oxygen atoms in total. The molecule has 0 saturated carbocycles. The lowest BCUT2D eigenvalue weighted by Gasteiger charge is -2.05. The molecule has 0 aliphatic carbocycles. The normalized spacial score (nSPS) is 10.3. The Balaban J connectivity index is 2.82. The summed E-state index contributed by atoms with van der Waals surface area (Å²) in [5.74, 6) is 0.821. The van der Waals surface area contributed by atoms with Crippen molar-refractivity contribution in [3.8, 4) is 11.5 Å². The monoisotopic (exact) mass is 206 g/mol. The standard InChI is InChI=1S/C11H10O4/c1-13-8-4-3-5-9-7(8)6-10(14-2)11(12)15-9/h3-6H,1-2H3. The molecule has 15 heavy (non-hydrogen) atoms. The highest BCUT2D eigenvalue weighted by Crippen LogP contribution is 2.26. The highest BCUT2D eigenvalue weighted by Gasteiger charge is 2.08. The first-order valence-electron chi connectivity index (χ1n) is 4.41. The smallest absolute Gasteiger partial charge is 0.379 e. The average molecular weight is 206 g/mol. The lowest BCUT2D eigenvalue weighted by atomic mass is 10.2. The molecule has 4 heteroatoms. The summed E-state index contributed by atoms with van der Waals surface area (Å²) in [5.41, 5.74) is -0.00148. The molecule has 0 saturated heterocycles. The molecule has 1 heterocycles. The van der Waals surface area contributed by atoms with Gasteiger partial charge in [-0.15, -0.1) is 0 Å². The fourth-order valence-corrected chi connectivity index (χ4v) is 1.42. The lowest BCUT2D eigenvalue weighted by molar-refractivity contribution is 0.383. The van der Waals surface area contributed by atoms with E-state index in [9.17, 15) is 4.79 Å². The van der Waals surface area contributed by atoms with Gasteiger partial charge in [-0.05, 0) is 12.1 Å². The van der Waals surface area contributed by atoms with Crippen molar-refractivity contribution in [2.45, 2.75) is 0 Å². The minimum atomic E-state index is -0.488. The summed E-state index contributed by atoms with van der Waals surface area (Å²) < 4.78 is 15.1. The third-order valence-corrected chi connectivity index (χ3v) is 2.15. The van der Waals surface area contributed by atoms with Crippen LogP contribution in [0.25, 0.3) is 11.0 Å². The summed E-state index contributed by atoms with van der Waals surface area (Å²) in [6, 6.07) is 6.87. The first-order chi connectivity index (χ1) is 7.26. The van der Waals surface area contributed by atoms with Crippen molar-refractivity contribution in [1.82, 2.24) is 0 Å². The Morgan fingerprint density at radius 3 is 2.53 bits per heavy atom. The van der Waals surface area contributed by atoms with Gasteiger partial charge in [-0.3, -0.25) is 0 Å². The second-order valence-corrected chi connectivity index (χ2v) is 2.97. The van der Waals surface area contributed by atoms with E-state index in [1.165, 1.54) is 7.11 Å². The van der Waals surface area contributed by atoms with E-state index in [1.54, 1.807) is 31.4 Å². The Kier molecular flexibility index (Phi) is 2.33. The molecule has 1 aromatic heterocycles. The Morgan fingerprint density at radius 1 is 1.13 bits per heavy atom. The molecule has 0 spiro atoms. The van der Waals surface area contributed by atoms with Crippen LogP contribution in [-0.4, -0.2) is 14.2 Å². The van der Waals surface area contributed by atoms with E-state index in [2.05, 4.69) is 0 Å². The van der Waals surface area contributed by atoms with Gasteiger partial charge in [-0.1, -0.05) is 6.07 Å². The summed E-state index contributed by atoms with van der Waals surface area (Å²) in [6.45, 7) is 0. The maximum absolute atomic E-state index is 11.3. The summed E-state index contributed by atoms with van der Waals surface area (Å²) in [5, 5.41) is 0.719. The molecule has 0 atom stereocenters. The molecular formula is C11H10O4. The van der Waals surface area contributed by atoms with Gasteiger partial charge in [-0.25, -0.2) is 4.79 Å². The zero-order valence-corrected chi connectivity index (χ0v) is 8.44. The van der Waals surface area contributed by atoms with Crippen LogP contribution >= 0.6 is 0 Å². The van der Waals surface area contributed by atoms with E-state index < -0.39 is 5.63 Å². The second-order valence-electron chi connectivity index (χ2n) is 2.97. The molecule has 78 valence electrons. The molecule has 0 aliphatic heterocycles. The van der Waals surface area contributed by atoms with Gasteiger partial charge in [0.2, 0.25) is 5.75 Å². The summed E-state index contributed by atoms with van der Waals surface area (Å²) >= 11 is 0. The number of fused-ring (bicyclic) bond motifs is 1. The topological polar surface area (TPSA) is 48.7 Å². The Hall–Kier alpha value is -1.97. The van der Waals surface area contributed by atoms with Gasteiger partial charge < -0.3 is 13.9 Å². The molecule has 0 aliphatic rings. The molecule has 0 unspecified atom stereocenters. The first-order valence-corrected chi connectivity index (χ1v) is 4.41. The van der Waals surface area contributed by atoms with Crippen molar-refractivity contribution in [3.05, 3.63) is 34.7 Å². The molecule has 0 radical (unpaired) electrons. The predicted octanol–water partition coefficient (Wildman–Crippen LogP) is 1.81. The number of ether oxygens (including phenoxy) is 2. The van der Waals surface area contributed by atoms with Crippen LogP contribution in [0.1, 0.15) is 0 Å². The van der Waals surface area contributed by atoms with Gasteiger partial charge >= 0.3 is 5.63 Å². The van der Waals surface area contributed by atoms with Crippen molar-refractivity contribution in [1.29, 1.82) is 0 Å². The summed E-state index contributed by atoms with van der Waals surface area (Å²) in [4.78, 5) is 11.3. The second kappa shape index (κ2) is 3.65. The van der Waals surface area contributed by atoms with Crippen molar-refractivity contribution in [2.24, 2.45) is 0 Å². The molecule has 1 aromatic carbocycles. The first kappa shape index (κ1) is 9.58. The Morgan fingerprint density at radius 2 is 1.87 bits per heavy atom. The van der Waals surface area contributed by atoms with Crippen LogP contribution in [0.15, 0.2) is 33.5 Å². The van der Waals surface area contributed by atoms with Gasteiger partial charge in [0.1, 0.15) is 11.3 Å². The van der Waals surface area contributed by atoms with Gasteiger partial charge in [0.05, 0.1) is 19.6 Å². The number of methoxy groups -OCH3 is 2. The molecule has 2 rings (SSSR count). The van der Waals surface area contributed by atoms with Crippen molar-refractivity contribution < 1.29 is 13.9 Å². The molecular weight excluding hydrogens is 196 g/mol. The van der Waals surface area contributed by atoms with E-state index in [0.717, 1.165) is 5.39 Å². The SMILES string of the molecule is COc1cc2c(OC)cccc2oc1=O. The molecule has 2 aromatic rings. The van der Waals surface area contributed by atoms with E-state index in [0.29, 0.717) is 11.3 Å². The van der Waals surface area contributed by atoms with Gasteiger partial charge in [0, 0.05) is 6.07 Å². The van der Waals surface area contributed by atoms with Gasteiger partial charge in [-0.2, -0.15) is 0 Å². The maximum Gasteiger partial charge on any atom is 0.379 e. The van der Waals surface area contributed by atoms with E-state index in [4.69, 9.17) is 13.9 Å². The number of hydrogen-bond donors (Lipinski definition) is 0. The van der Waals surface area contributed by atoms with Crippen molar-refractivity contribution in [2.75, 3.05) is 14.2 Å². The summed E-state index contributed by atoms with van der Waals surface area (Å²) in [7, 11) is 2.99. The van der Waals surface area contributed by atoms with Crippen LogP contribution in [0, 0.1) is 0 Å².